The normalized spacial score (nSPS) is 10.8. The van der Waals surface area contributed by atoms with Crippen molar-refractivity contribution in [2.24, 2.45) is 0 Å². The topological polar surface area (TPSA) is 52.9 Å². The molecule has 4 nitrogen and oxygen atoms in total. The summed E-state index contributed by atoms with van der Waals surface area (Å²) < 4.78 is 3.45. The summed E-state index contributed by atoms with van der Waals surface area (Å²) in [6.45, 7) is 3.19. The number of rotatable bonds is 5. The Morgan fingerprint density at radius 1 is 0.913 bits per heavy atom. The third-order valence-corrected chi connectivity index (χ3v) is 3.94. The van der Waals surface area contributed by atoms with Crippen LogP contribution in [0.3, 0.4) is 0 Å². The molecule has 0 saturated heterocycles. The lowest BCUT2D eigenvalue weighted by Gasteiger charge is -2.08. The Morgan fingerprint density at radius 3 is 2.13 bits per heavy atom. The second kappa shape index (κ2) is 6.57. The van der Waals surface area contributed by atoms with Gasteiger partial charge in [-0.05, 0) is 12.0 Å². The molecule has 0 spiro atoms. The van der Waals surface area contributed by atoms with Gasteiger partial charge in [-0.25, -0.2) is 4.79 Å². The van der Waals surface area contributed by atoms with E-state index in [1.54, 1.807) is 9.13 Å². The summed E-state index contributed by atoms with van der Waals surface area (Å²) in [5, 5.41) is 0. The molecule has 0 bridgehead atoms. The number of hydrogen-bond acceptors (Lipinski definition) is 2. The molecule has 0 fully saturated rings. The van der Waals surface area contributed by atoms with Crippen LogP contribution < -0.4 is 11.4 Å². The number of nitrogen functional groups attached to an aromatic ring is 1. The van der Waals surface area contributed by atoms with Gasteiger partial charge in [0, 0.05) is 12.1 Å². The van der Waals surface area contributed by atoms with Gasteiger partial charge in [0.25, 0.3) is 0 Å². The lowest BCUT2D eigenvalue weighted by Crippen LogP contribution is -2.25. The van der Waals surface area contributed by atoms with Gasteiger partial charge in [0.2, 0.25) is 0 Å². The van der Waals surface area contributed by atoms with Gasteiger partial charge in [0.1, 0.15) is 5.82 Å². The highest BCUT2D eigenvalue weighted by atomic mass is 16.1. The van der Waals surface area contributed by atoms with Gasteiger partial charge < -0.3 is 5.73 Å². The van der Waals surface area contributed by atoms with E-state index in [1.165, 1.54) is 0 Å². The number of nitrogens with zero attached hydrogens (tertiary/aromatic N) is 2. The van der Waals surface area contributed by atoms with E-state index >= 15 is 0 Å². The SMILES string of the molecule is CCCn1c(N)c(-c2ccccc2)n(Cc2ccccc2)c1=O. The Kier molecular flexibility index (Phi) is 4.33. The van der Waals surface area contributed by atoms with Crippen molar-refractivity contribution in [1.82, 2.24) is 9.13 Å². The molecule has 2 aromatic carbocycles. The number of nitrogens with two attached hydrogens (primary N) is 1. The Labute approximate surface area is 135 Å². The van der Waals surface area contributed by atoms with Gasteiger partial charge in [-0.2, -0.15) is 0 Å². The lowest BCUT2D eigenvalue weighted by atomic mass is 10.1. The first kappa shape index (κ1) is 15.2. The van der Waals surface area contributed by atoms with Crippen LogP contribution >= 0.6 is 0 Å². The van der Waals surface area contributed by atoms with Gasteiger partial charge in [-0.1, -0.05) is 67.6 Å². The third kappa shape index (κ3) is 2.93. The number of imidazole rings is 1. The van der Waals surface area contributed by atoms with Crippen LogP contribution in [0.4, 0.5) is 5.82 Å². The molecule has 0 unspecified atom stereocenters. The van der Waals surface area contributed by atoms with E-state index in [2.05, 4.69) is 0 Å². The summed E-state index contributed by atoms with van der Waals surface area (Å²) in [7, 11) is 0. The van der Waals surface area contributed by atoms with Crippen molar-refractivity contribution in [1.29, 1.82) is 0 Å². The van der Waals surface area contributed by atoms with Crippen molar-refractivity contribution < 1.29 is 0 Å². The molecular formula is C19H21N3O. The first-order chi connectivity index (χ1) is 11.2. The van der Waals surface area contributed by atoms with Crippen LogP contribution in [0.2, 0.25) is 0 Å². The molecule has 23 heavy (non-hydrogen) atoms. The van der Waals surface area contributed by atoms with Crippen molar-refractivity contribution in [3.05, 3.63) is 76.7 Å². The molecule has 0 aliphatic heterocycles. The summed E-state index contributed by atoms with van der Waals surface area (Å²) in [5.74, 6) is 0.541. The van der Waals surface area contributed by atoms with Gasteiger partial charge in [0.15, 0.2) is 0 Å². The van der Waals surface area contributed by atoms with E-state index in [-0.39, 0.29) is 5.69 Å². The summed E-state index contributed by atoms with van der Waals surface area (Å²) in [4.78, 5) is 12.8. The third-order valence-electron chi connectivity index (χ3n) is 3.94. The molecular weight excluding hydrogens is 286 g/mol. The maximum atomic E-state index is 12.8. The molecule has 1 heterocycles. The van der Waals surface area contributed by atoms with Crippen molar-refractivity contribution in [2.75, 3.05) is 5.73 Å². The smallest absolute Gasteiger partial charge is 0.330 e. The predicted octanol–water partition coefficient (Wildman–Crippen LogP) is 3.36. The van der Waals surface area contributed by atoms with Crippen LogP contribution in [0.15, 0.2) is 65.5 Å². The molecule has 0 atom stereocenters. The molecule has 1 aromatic heterocycles. The standard InChI is InChI=1S/C19H21N3O/c1-2-13-21-18(20)17(16-11-7-4-8-12-16)22(19(21)23)14-15-9-5-3-6-10-15/h3-12H,2,13-14,20H2,1H3. The summed E-state index contributed by atoms with van der Waals surface area (Å²) in [6.07, 6.45) is 0.869. The van der Waals surface area contributed by atoms with Crippen LogP contribution in [0, 0.1) is 0 Å². The highest BCUT2D eigenvalue weighted by Crippen LogP contribution is 2.26. The van der Waals surface area contributed by atoms with E-state index < -0.39 is 0 Å². The monoisotopic (exact) mass is 307 g/mol. The van der Waals surface area contributed by atoms with Crippen molar-refractivity contribution >= 4 is 5.82 Å². The average Bonchev–Trinajstić information content (AvgIpc) is 2.81. The maximum absolute atomic E-state index is 12.8. The lowest BCUT2D eigenvalue weighted by molar-refractivity contribution is 0.629. The largest absolute Gasteiger partial charge is 0.383 e. The van der Waals surface area contributed by atoms with Crippen LogP contribution in [-0.2, 0) is 13.1 Å². The Hall–Kier alpha value is -2.75. The maximum Gasteiger partial charge on any atom is 0.330 e. The highest BCUT2D eigenvalue weighted by Gasteiger charge is 2.18. The van der Waals surface area contributed by atoms with E-state index in [0.29, 0.717) is 18.9 Å². The fraction of sp³-hybridized carbons (Fsp3) is 0.211. The molecule has 0 aliphatic rings. The van der Waals surface area contributed by atoms with Crippen LogP contribution in [-0.4, -0.2) is 9.13 Å². The molecule has 0 radical (unpaired) electrons. The zero-order valence-corrected chi connectivity index (χ0v) is 13.3. The van der Waals surface area contributed by atoms with E-state index in [9.17, 15) is 4.79 Å². The minimum Gasteiger partial charge on any atom is -0.383 e. The number of anilines is 1. The first-order valence-corrected chi connectivity index (χ1v) is 7.90. The number of benzene rings is 2. The van der Waals surface area contributed by atoms with Crippen molar-refractivity contribution in [3.63, 3.8) is 0 Å². The Morgan fingerprint density at radius 2 is 1.52 bits per heavy atom. The summed E-state index contributed by atoms with van der Waals surface area (Å²) in [5.41, 5.74) is 9.12. The zero-order valence-electron chi connectivity index (χ0n) is 13.3. The van der Waals surface area contributed by atoms with Crippen LogP contribution in [0.1, 0.15) is 18.9 Å². The predicted molar refractivity (Wildman–Crippen MR) is 94.4 cm³/mol. The fourth-order valence-corrected chi connectivity index (χ4v) is 2.86. The second-order valence-electron chi connectivity index (χ2n) is 5.61. The Bertz CT molecular complexity index is 832. The van der Waals surface area contributed by atoms with E-state index in [0.717, 1.165) is 23.2 Å². The van der Waals surface area contributed by atoms with Crippen LogP contribution in [0.5, 0.6) is 0 Å². The van der Waals surface area contributed by atoms with Gasteiger partial charge in [0.05, 0.1) is 12.2 Å². The van der Waals surface area contributed by atoms with E-state index in [1.807, 2.05) is 67.6 Å². The molecule has 2 N–H and O–H groups in total. The second-order valence-corrected chi connectivity index (χ2v) is 5.61. The molecule has 0 aliphatic carbocycles. The number of hydrogen-bond donors (Lipinski definition) is 1. The molecule has 0 saturated carbocycles. The van der Waals surface area contributed by atoms with Gasteiger partial charge in [-0.15, -0.1) is 0 Å². The summed E-state index contributed by atoms with van der Waals surface area (Å²) >= 11 is 0. The minimum atomic E-state index is -0.0490. The van der Waals surface area contributed by atoms with Gasteiger partial charge in [-0.3, -0.25) is 9.13 Å². The molecule has 0 amide bonds. The highest BCUT2D eigenvalue weighted by molar-refractivity contribution is 5.71. The first-order valence-electron chi connectivity index (χ1n) is 7.90. The molecule has 3 aromatic rings. The number of aromatic nitrogens is 2. The minimum absolute atomic E-state index is 0.0490. The van der Waals surface area contributed by atoms with Crippen molar-refractivity contribution in [3.8, 4) is 11.3 Å². The molecule has 118 valence electrons. The summed E-state index contributed by atoms with van der Waals surface area (Å²) in [6, 6.07) is 19.8. The molecule has 3 rings (SSSR count). The van der Waals surface area contributed by atoms with Crippen molar-refractivity contribution in [2.45, 2.75) is 26.4 Å². The van der Waals surface area contributed by atoms with E-state index in [4.69, 9.17) is 5.73 Å². The molecule has 4 heteroatoms. The zero-order chi connectivity index (χ0) is 16.2. The quantitative estimate of drug-likeness (QED) is 0.786. The van der Waals surface area contributed by atoms with Gasteiger partial charge >= 0.3 is 5.69 Å². The Balaban J connectivity index is 2.16. The fourth-order valence-electron chi connectivity index (χ4n) is 2.86. The van der Waals surface area contributed by atoms with Crippen LogP contribution in [0.25, 0.3) is 11.3 Å². The average molecular weight is 307 g/mol.